The number of carbonyl (C=O) groups is 2. The minimum Gasteiger partial charge on any atom is -0.483 e. The van der Waals surface area contributed by atoms with Crippen LogP contribution in [0.15, 0.2) is 29.1 Å². The van der Waals surface area contributed by atoms with E-state index in [2.05, 4.69) is 4.98 Å². The van der Waals surface area contributed by atoms with Crippen molar-refractivity contribution >= 4 is 23.8 Å². The van der Waals surface area contributed by atoms with Gasteiger partial charge in [-0.15, -0.1) is 0 Å². The third kappa shape index (κ3) is 2.81. The molecule has 0 unspecified atom stereocenters. The Morgan fingerprint density at radius 1 is 1.15 bits per heavy atom. The van der Waals surface area contributed by atoms with E-state index >= 15 is 0 Å². The molecule has 0 saturated heterocycles. The summed E-state index contributed by atoms with van der Waals surface area (Å²) < 4.78 is 5.80. The van der Waals surface area contributed by atoms with E-state index in [1.54, 1.807) is 18.2 Å². The highest BCUT2D eigenvalue weighted by Gasteiger charge is 2.28. The van der Waals surface area contributed by atoms with Crippen LogP contribution in [0.4, 0.5) is 5.82 Å². The monoisotopic (exact) mass is 356 g/mol. The Morgan fingerprint density at radius 3 is 2.42 bits per heavy atom. The summed E-state index contributed by atoms with van der Waals surface area (Å²) in [6.07, 6.45) is 3.61. The molecule has 8 nitrogen and oxygen atoms in total. The van der Waals surface area contributed by atoms with Gasteiger partial charge in [0.1, 0.15) is 28.3 Å². The zero-order valence-electron chi connectivity index (χ0n) is 14.0. The summed E-state index contributed by atoms with van der Waals surface area (Å²) in [7, 11) is 0. The molecule has 3 rings (SSSR count). The molecule has 0 saturated carbocycles. The van der Waals surface area contributed by atoms with Crippen LogP contribution >= 0.6 is 0 Å². The Bertz CT molecular complexity index is 1030. The second kappa shape index (κ2) is 5.76. The van der Waals surface area contributed by atoms with Crippen LogP contribution < -0.4 is 16.0 Å². The predicted octanol–water partition coefficient (Wildman–Crippen LogP) is 2.20. The second-order valence-corrected chi connectivity index (χ2v) is 6.39. The summed E-state index contributed by atoms with van der Waals surface area (Å²) >= 11 is 0. The van der Waals surface area contributed by atoms with Crippen LogP contribution in [0.2, 0.25) is 0 Å². The van der Waals surface area contributed by atoms with Crippen LogP contribution in [0.25, 0.3) is 17.2 Å². The maximum atomic E-state index is 12.1. The average Bonchev–Trinajstić information content (AvgIpc) is 2.52. The molecular formula is C18H16N2O6. The molecule has 8 heteroatoms. The van der Waals surface area contributed by atoms with E-state index in [4.69, 9.17) is 10.5 Å². The number of anilines is 1. The van der Waals surface area contributed by atoms with Crippen molar-refractivity contribution in [2.75, 3.05) is 5.73 Å². The lowest BCUT2D eigenvalue weighted by atomic mass is 9.92. The molecule has 0 fully saturated rings. The Balaban J connectivity index is 2.32. The van der Waals surface area contributed by atoms with Gasteiger partial charge in [0.05, 0.1) is 0 Å². The minimum absolute atomic E-state index is 0.240. The van der Waals surface area contributed by atoms with E-state index in [9.17, 15) is 24.6 Å². The molecule has 0 atom stereocenters. The highest BCUT2D eigenvalue weighted by molar-refractivity contribution is 6.07. The molecule has 2 aromatic rings. The van der Waals surface area contributed by atoms with Gasteiger partial charge < -0.3 is 25.7 Å². The molecule has 1 aromatic carbocycles. The van der Waals surface area contributed by atoms with Crippen LogP contribution in [-0.2, 0) is 0 Å². The lowest BCUT2D eigenvalue weighted by molar-refractivity contribution is 0.0695. The molecule has 2 heterocycles. The van der Waals surface area contributed by atoms with Gasteiger partial charge in [0, 0.05) is 11.1 Å². The van der Waals surface area contributed by atoms with Gasteiger partial charge in [0.25, 0.3) is 5.56 Å². The van der Waals surface area contributed by atoms with Crippen molar-refractivity contribution in [2.45, 2.75) is 19.4 Å². The van der Waals surface area contributed by atoms with Crippen molar-refractivity contribution in [3.63, 3.8) is 0 Å². The first-order valence-electron chi connectivity index (χ1n) is 7.66. The Labute approximate surface area is 147 Å². The van der Waals surface area contributed by atoms with Crippen molar-refractivity contribution < 1.29 is 24.5 Å². The highest BCUT2D eigenvalue weighted by Crippen LogP contribution is 2.36. The summed E-state index contributed by atoms with van der Waals surface area (Å²) in [5.74, 6) is -2.84. The Hall–Kier alpha value is -3.55. The number of nitrogens with two attached hydrogens (primary N) is 1. The fraction of sp³-hybridized carbons (Fsp3) is 0.167. The lowest BCUT2D eigenvalue weighted by Crippen LogP contribution is -2.27. The number of rotatable bonds is 3. The maximum Gasteiger partial charge on any atom is 0.342 e. The number of benzene rings is 1. The number of aromatic carboxylic acids is 2. The van der Waals surface area contributed by atoms with Crippen molar-refractivity contribution in [1.82, 2.24) is 4.98 Å². The molecule has 0 spiro atoms. The standard InChI is InChI=1S/C18H16N2O6/c1-18(2)6-5-8-7-9(3-4-10(8)26-18)11-12(16(22)23)14(19)20-15(21)13(11)17(24)25/h3-7H,1-2H3,(H,22,23)(H,24,25)(H3,19,20,21). The van der Waals surface area contributed by atoms with Crippen LogP contribution in [0.1, 0.15) is 40.1 Å². The van der Waals surface area contributed by atoms with Gasteiger partial charge in [0.15, 0.2) is 0 Å². The molecule has 1 aliphatic rings. The zero-order chi connectivity index (χ0) is 19.2. The zero-order valence-corrected chi connectivity index (χ0v) is 14.0. The first kappa shape index (κ1) is 17.3. The van der Waals surface area contributed by atoms with E-state index in [0.29, 0.717) is 11.3 Å². The lowest BCUT2D eigenvalue weighted by Gasteiger charge is -2.28. The minimum atomic E-state index is -1.55. The van der Waals surface area contributed by atoms with Gasteiger partial charge >= 0.3 is 11.9 Å². The van der Waals surface area contributed by atoms with Crippen LogP contribution in [0.5, 0.6) is 5.75 Å². The molecule has 1 aliphatic heterocycles. The van der Waals surface area contributed by atoms with Gasteiger partial charge in [-0.05, 0) is 37.6 Å². The maximum absolute atomic E-state index is 12.1. The number of fused-ring (bicyclic) bond motifs is 1. The summed E-state index contributed by atoms with van der Waals surface area (Å²) in [6.45, 7) is 3.76. The van der Waals surface area contributed by atoms with Gasteiger partial charge in [-0.1, -0.05) is 12.1 Å². The molecule has 0 amide bonds. The number of hydrogen-bond acceptors (Lipinski definition) is 5. The van der Waals surface area contributed by atoms with E-state index in [0.717, 1.165) is 0 Å². The summed E-state index contributed by atoms with van der Waals surface area (Å²) in [5.41, 5.74) is 3.64. The smallest absolute Gasteiger partial charge is 0.342 e. The molecule has 5 N–H and O–H groups in total. The quantitative estimate of drug-likeness (QED) is 0.660. The predicted molar refractivity (Wildman–Crippen MR) is 94.6 cm³/mol. The van der Waals surface area contributed by atoms with Gasteiger partial charge in [-0.2, -0.15) is 0 Å². The SMILES string of the molecule is CC1(C)C=Cc2cc(-c3c(C(=O)O)c(N)[nH]c(=O)c3C(=O)O)ccc2O1. The van der Waals surface area contributed by atoms with Gasteiger partial charge in [-0.3, -0.25) is 4.79 Å². The number of aromatic amines is 1. The number of ether oxygens (including phenoxy) is 1. The number of pyridine rings is 1. The number of hydrogen-bond donors (Lipinski definition) is 4. The molecule has 0 bridgehead atoms. The normalized spacial score (nSPS) is 14.4. The molecule has 0 radical (unpaired) electrons. The molecule has 1 aromatic heterocycles. The molecule has 134 valence electrons. The van der Waals surface area contributed by atoms with Crippen molar-refractivity contribution in [3.8, 4) is 16.9 Å². The largest absolute Gasteiger partial charge is 0.483 e. The number of carboxylic acid groups (broad SMARTS) is 2. The van der Waals surface area contributed by atoms with E-state index < -0.39 is 40.0 Å². The number of aromatic nitrogens is 1. The van der Waals surface area contributed by atoms with Crippen LogP contribution in [-0.4, -0.2) is 32.7 Å². The fourth-order valence-corrected chi connectivity index (χ4v) is 2.87. The van der Waals surface area contributed by atoms with E-state index in [1.807, 2.05) is 19.9 Å². The molecular weight excluding hydrogens is 340 g/mol. The van der Waals surface area contributed by atoms with Gasteiger partial charge in [0.2, 0.25) is 0 Å². The topological polar surface area (TPSA) is 143 Å². The van der Waals surface area contributed by atoms with E-state index in [1.165, 1.54) is 6.07 Å². The van der Waals surface area contributed by atoms with Crippen LogP contribution in [0, 0.1) is 0 Å². The van der Waals surface area contributed by atoms with Crippen molar-refractivity contribution in [2.24, 2.45) is 0 Å². The highest BCUT2D eigenvalue weighted by atomic mass is 16.5. The third-order valence-corrected chi connectivity index (χ3v) is 4.01. The summed E-state index contributed by atoms with van der Waals surface area (Å²) in [6, 6.07) is 4.67. The van der Waals surface area contributed by atoms with Gasteiger partial charge in [-0.25, -0.2) is 9.59 Å². The van der Waals surface area contributed by atoms with Crippen molar-refractivity contribution in [1.29, 1.82) is 0 Å². The Morgan fingerprint density at radius 2 is 1.81 bits per heavy atom. The van der Waals surface area contributed by atoms with Crippen LogP contribution in [0.3, 0.4) is 0 Å². The summed E-state index contributed by atoms with van der Waals surface area (Å²) in [5, 5.41) is 18.9. The third-order valence-electron chi connectivity index (χ3n) is 4.01. The Kier molecular flexibility index (Phi) is 3.83. The number of nitrogens with one attached hydrogen (secondary N) is 1. The molecule has 0 aliphatic carbocycles. The first-order chi connectivity index (χ1) is 12.1. The second-order valence-electron chi connectivity index (χ2n) is 6.39. The first-order valence-corrected chi connectivity index (χ1v) is 7.66. The molecule has 26 heavy (non-hydrogen) atoms. The average molecular weight is 356 g/mol. The number of carboxylic acids is 2. The number of H-pyrrole nitrogens is 1. The number of nitrogen functional groups attached to an aromatic ring is 1. The van der Waals surface area contributed by atoms with E-state index in [-0.39, 0.29) is 11.1 Å². The summed E-state index contributed by atoms with van der Waals surface area (Å²) in [4.78, 5) is 37.4. The van der Waals surface area contributed by atoms with Crippen molar-refractivity contribution in [3.05, 3.63) is 51.3 Å². The fourth-order valence-electron chi connectivity index (χ4n) is 2.87.